The van der Waals surface area contributed by atoms with E-state index >= 15 is 0 Å². The number of nitrogens with zero attached hydrogens (tertiary/aromatic N) is 3. The van der Waals surface area contributed by atoms with Crippen molar-refractivity contribution in [2.75, 3.05) is 72.0 Å². The highest BCUT2D eigenvalue weighted by Crippen LogP contribution is 2.22. The van der Waals surface area contributed by atoms with Crippen LogP contribution in [-0.4, -0.2) is 86.7 Å². The molecule has 0 bridgehead atoms. The molecular weight excluding hydrogens is 464 g/mol. The van der Waals surface area contributed by atoms with Crippen molar-refractivity contribution in [2.24, 2.45) is 17.8 Å². The van der Waals surface area contributed by atoms with Gasteiger partial charge >= 0.3 is 0 Å². The van der Waals surface area contributed by atoms with Gasteiger partial charge in [0.2, 0.25) is 0 Å². The summed E-state index contributed by atoms with van der Waals surface area (Å²) < 4.78 is 0. The Labute approximate surface area is 241 Å². The van der Waals surface area contributed by atoms with Crippen LogP contribution in [0.1, 0.15) is 120 Å². The highest BCUT2D eigenvalue weighted by Gasteiger charge is 2.10. The summed E-state index contributed by atoms with van der Waals surface area (Å²) in [6.07, 6.45) is 15.0. The zero-order chi connectivity index (χ0) is 28.6. The van der Waals surface area contributed by atoms with Crippen LogP contribution in [0.5, 0.6) is 0 Å². The molecule has 0 rings (SSSR count). The van der Waals surface area contributed by atoms with Gasteiger partial charge in [0.15, 0.2) is 0 Å². The number of nitrogens with one attached hydrogen (secondary N) is 1. The minimum atomic E-state index is 0.862. The molecule has 0 aliphatic carbocycles. The Morgan fingerprint density at radius 2 is 1.11 bits per heavy atom. The molecule has 0 saturated carbocycles. The van der Waals surface area contributed by atoms with Gasteiger partial charge in [-0.3, -0.25) is 4.90 Å². The SMILES string of the molecule is CCNCCN(CC)CCN(CC)CCN(CC)CC=C(C)CCC[C@H](C)CCC[C@H](C)CCCC(C)C. The van der Waals surface area contributed by atoms with Crippen LogP contribution in [0.15, 0.2) is 11.6 Å². The van der Waals surface area contributed by atoms with E-state index in [0.717, 1.165) is 63.6 Å². The number of hydrogen-bond acceptors (Lipinski definition) is 4. The van der Waals surface area contributed by atoms with Gasteiger partial charge in [-0.25, -0.2) is 0 Å². The monoisotopic (exact) mass is 537 g/mol. The molecule has 0 unspecified atom stereocenters. The van der Waals surface area contributed by atoms with Crippen LogP contribution in [0.4, 0.5) is 0 Å². The van der Waals surface area contributed by atoms with Gasteiger partial charge in [0, 0.05) is 45.8 Å². The van der Waals surface area contributed by atoms with Crippen LogP contribution in [0.2, 0.25) is 0 Å². The van der Waals surface area contributed by atoms with E-state index in [1.165, 1.54) is 84.0 Å². The van der Waals surface area contributed by atoms with Gasteiger partial charge in [-0.05, 0) is 63.7 Å². The molecule has 0 radical (unpaired) electrons. The molecule has 0 aromatic rings. The lowest BCUT2D eigenvalue weighted by Crippen LogP contribution is -2.41. The van der Waals surface area contributed by atoms with Crippen LogP contribution >= 0.6 is 0 Å². The highest BCUT2D eigenvalue weighted by molar-refractivity contribution is 4.99. The van der Waals surface area contributed by atoms with Crippen LogP contribution in [0.25, 0.3) is 0 Å². The van der Waals surface area contributed by atoms with Crippen molar-refractivity contribution in [1.82, 2.24) is 20.0 Å². The van der Waals surface area contributed by atoms with Crippen molar-refractivity contribution in [1.29, 1.82) is 0 Å². The lowest BCUT2D eigenvalue weighted by molar-refractivity contribution is 0.191. The summed E-state index contributed by atoms with van der Waals surface area (Å²) >= 11 is 0. The van der Waals surface area contributed by atoms with E-state index in [4.69, 9.17) is 0 Å². The van der Waals surface area contributed by atoms with Gasteiger partial charge in [0.25, 0.3) is 0 Å². The number of hydrogen-bond donors (Lipinski definition) is 1. The first-order valence-corrected chi connectivity index (χ1v) is 16.8. The largest absolute Gasteiger partial charge is 0.316 e. The molecule has 0 aromatic carbocycles. The van der Waals surface area contributed by atoms with Gasteiger partial charge < -0.3 is 15.1 Å². The molecule has 0 aromatic heterocycles. The first kappa shape index (κ1) is 37.6. The van der Waals surface area contributed by atoms with E-state index in [2.05, 4.69) is 88.4 Å². The summed E-state index contributed by atoms with van der Waals surface area (Å²) in [5.74, 6) is 2.65. The summed E-state index contributed by atoms with van der Waals surface area (Å²) in [5.41, 5.74) is 1.58. The minimum Gasteiger partial charge on any atom is -0.316 e. The second kappa shape index (κ2) is 25.5. The molecule has 0 spiro atoms. The summed E-state index contributed by atoms with van der Waals surface area (Å²) in [6, 6.07) is 0. The maximum Gasteiger partial charge on any atom is 0.0166 e. The maximum atomic E-state index is 3.46. The Kier molecular flexibility index (Phi) is 25.3. The van der Waals surface area contributed by atoms with E-state index in [0.29, 0.717) is 0 Å². The van der Waals surface area contributed by atoms with Crippen LogP contribution < -0.4 is 5.32 Å². The maximum absolute atomic E-state index is 3.46. The third-order valence-electron chi connectivity index (χ3n) is 8.50. The first-order valence-electron chi connectivity index (χ1n) is 16.8. The van der Waals surface area contributed by atoms with Crippen molar-refractivity contribution in [3.8, 4) is 0 Å². The average molecular weight is 537 g/mol. The average Bonchev–Trinajstić information content (AvgIpc) is 2.88. The fourth-order valence-corrected chi connectivity index (χ4v) is 5.31. The molecule has 4 heteroatoms. The Morgan fingerprint density at radius 3 is 1.61 bits per heavy atom. The number of likely N-dealkylation sites (N-methyl/N-ethyl adjacent to an activating group) is 4. The summed E-state index contributed by atoms with van der Waals surface area (Å²) in [7, 11) is 0. The molecule has 38 heavy (non-hydrogen) atoms. The molecule has 0 amide bonds. The Morgan fingerprint density at radius 1 is 0.632 bits per heavy atom. The van der Waals surface area contributed by atoms with Crippen molar-refractivity contribution in [3.63, 3.8) is 0 Å². The second-order valence-electron chi connectivity index (χ2n) is 12.5. The molecule has 0 saturated heterocycles. The van der Waals surface area contributed by atoms with Crippen molar-refractivity contribution in [2.45, 2.75) is 120 Å². The zero-order valence-corrected chi connectivity index (χ0v) is 27.8. The van der Waals surface area contributed by atoms with Gasteiger partial charge in [0.05, 0.1) is 0 Å². The van der Waals surface area contributed by atoms with Crippen LogP contribution in [0, 0.1) is 17.8 Å². The Balaban J connectivity index is 4.13. The van der Waals surface area contributed by atoms with Crippen LogP contribution in [-0.2, 0) is 0 Å². The molecule has 2 atom stereocenters. The number of rotatable bonds is 27. The van der Waals surface area contributed by atoms with Gasteiger partial charge in [-0.1, -0.05) is 112 Å². The first-order chi connectivity index (χ1) is 18.2. The van der Waals surface area contributed by atoms with E-state index in [-0.39, 0.29) is 0 Å². The van der Waals surface area contributed by atoms with E-state index < -0.39 is 0 Å². The standard InChI is InChI=1S/C34H72N4/c1-10-35-24-26-37(12-3)28-30-38(13-4)29-27-36(11-2)25-23-34(9)22-16-21-33(8)20-15-19-32(7)18-14-17-31(5)6/h23,31-33,35H,10-22,24-30H2,1-9H3/t32-,33-/m1/s1. The van der Waals surface area contributed by atoms with E-state index in [1.807, 2.05) is 0 Å². The quantitative estimate of drug-likeness (QED) is 0.0849. The van der Waals surface area contributed by atoms with Gasteiger partial charge in [0.1, 0.15) is 0 Å². The molecule has 0 aliphatic heterocycles. The lowest BCUT2D eigenvalue weighted by atomic mass is 9.91. The normalized spacial score (nSPS) is 14.4. The topological polar surface area (TPSA) is 21.8 Å². The predicted octanol–water partition coefficient (Wildman–Crippen LogP) is 7.95. The third-order valence-corrected chi connectivity index (χ3v) is 8.50. The third kappa shape index (κ3) is 22.4. The minimum absolute atomic E-state index is 0.862. The van der Waals surface area contributed by atoms with E-state index in [9.17, 15) is 0 Å². The van der Waals surface area contributed by atoms with Crippen molar-refractivity contribution in [3.05, 3.63) is 11.6 Å². The second-order valence-corrected chi connectivity index (χ2v) is 12.5. The molecule has 0 fully saturated rings. The van der Waals surface area contributed by atoms with Gasteiger partial charge in [-0.15, -0.1) is 0 Å². The summed E-state index contributed by atoms with van der Waals surface area (Å²) in [4.78, 5) is 7.81. The smallest absolute Gasteiger partial charge is 0.0166 e. The lowest BCUT2D eigenvalue weighted by Gasteiger charge is -2.28. The summed E-state index contributed by atoms with van der Waals surface area (Å²) in [5, 5.41) is 3.46. The van der Waals surface area contributed by atoms with Gasteiger partial charge in [-0.2, -0.15) is 0 Å². The fraction of sp³-hybridized carbons (Fsp3) is 0.941. The number of allylic oxidation sites excluding steroid dienone is 1. The molecular formula is C34H72N4. The van der Waals surface area contributed by atoms with Crippen molar-refractivity contribution >= 4 is 0 Å². The Bertz CT molecular complexity index is 533. The highest BCUT2D eigenvalue weighted by atomic mass is 15.2. The molecule has 4 nitrogen and oxygen atoms in total. The van der Waals surface area contributed by atoms with Crippen molar-refractivity contribution < 1.29 is 0 Å². The van der Waals surface area contributed by atoms with Crippen LogP contribution in [0.3, 0.4) is 0 Å². The molecule has 228 valence electrons. The summed E-state index contributed by atoms with van der Waals surface area (Å²) in [6.45, 7) is 33.6. The molecule has 0 heterocycles. The predicted molar refractivity (Wildman–Crippen MR) is 173 cm³/mol. The van der Waals surface area contributed by atoms with E-state index in [1.54, 1.807) is 5.57 Å². The zero-order valence-electron chi connectivity index (χ0n) is 27.8. The fourth-order valence-electron chi connectivity index (χ4n) is 5.31. The Hall–Kier alpha value is -0.420. The molecule has 1 N–H and O–H groups in total. The molecule has 0 aliphatic rings.